The minimum Gasteiger partial charge on any atom is -0.784 e. The summed E-state index contributed by atoms with van der Waals surface area (Å²) in [5, 5.41) is 0. The topological polar surface area (TPSA) is 126 Å². The van der Waals surface area contributed by atoms with Crippen LogP contribution in [0.1, 0.15) is 0 Å². The summed E-state index contributed by atoms with van der Waals surface area (Å²) in [5.74, 6) is 0. The van der Waals surface area contributed by atoms with Gasteiger partial charge in [-0.15, -0.1) is 22.7 Å². The molecular weight excluding hydrogens is 404 g/mol. The Morgan fingerprint density at radius 2 is 0.778 bits per heavy atom. The molecular formula is O6PuS2. The summed E-state index contributed by atoms with van der Waals surface area (Å²) in [6.07, 6.45) is 0. The number of hydrogen-bond acceptors (Lipinski definition) is 6. The summed E-state index contributed by atoms with van der Waals surface area (Å²) >= 11 is -6.22. The Morgan fingerprint density at radius 1 is 0.778 bits per heavy atom. The molecule has 0 aromatic carbocycles. The SMILES string of the molecule is O=S([O-])[O-].O=S([O-])[O-].[Pu+4]. The molecule has 0 bridgehead atoms. The zero-order chi connectivity index (χ0) is 7.15. The third-order valence-electron chi connectivity index (χ3n) is 0. The van der Waals surface area contributed by atoms with Crippen LogP contribution in [-0.4, -0.2) is 26.6 Å². The molecule has 54 valence electrons. The van der Waals surface area contributed by atoms with Crippen LogP contribution >= 0.6 is 0 Å². The van der Waals surface area contributed by atoms with Crippen molar-refractivity contribution < 1.29 is 55.8 Å². The minimum absolute atomic E-state index is 0. The summed E-state index contributed by atoms with van der Waals surface area (Å²) in [6.45, 7) is 0. The first kappa shape index (κ1) is 16.6. The van der Waals surface area contributed by atoms with Crippen LogP contribution < -0.4 is 0 Å². The molecule has 0 radical (unpaired) electrons. The second-order valence-corrected chi connectivity index (χ2v) is 1.22. The third-order valence-corrected chi connectivity index (χ3v) is 0. The van der Waals surface area contributed by atoms with Gasteiger partial charge in [-0.25, -0.2) is 0 Å². The Balaban J connectivity index is -0.0000000720. The first-order chi connectivity index (χ1) is 3.46. The zero-order valence-corrected chi connectivity index (χ0v) is 8.71. The van der Waals surface area contributed by atoms with E-state index >= 15 is 0 Å². The molecule has 0 spiro atoms. The van der Waals surface area contributed by atoms with E-state index in [-0.39, 0.29) is 29.2 Å². The van der Waals surface area contributed by atoms with Crippen molar-refractivity contribution in [1.82, 2.24) is 0 Å². The van der Waals surface area contributed by atoms with Crippen LogP contribution in [0.4, 0.5) is 0 Å². The summed E-state index contributed by atoms with van der Waals surface area (Å²) < 4.78 is 50.7. The standard InChI is InChI=1S/2H2O3S.Pu/c2*1-4(2)3;/h2*(H2,1,2,3);/q;;+4/p-4. The molecule has 0 aliphatic carbocycles. The second kappa shape index (κ2) is 11.9. The molecule has 6 nitrogen and oxygen atoms in total. The van der Waals surface area contributed by atoms with Crippen molar-refractivity contribution in [3.05, 3.63) is 0 Å². The van der Waals surface area contributed by atoms with E-state index in [0.29, 0.717) is 0 Å². The van der Waals surface area contributed by atoms with Crippen molar-refractivity contribution in [2.75, 3.05) is 0 Å². The van der Waals surface area contributed by atoms with Gasteiger partial charge < -0.3 is 18.2 Å². The maximum absolute atomic E-state index is 8.44. The molecule has 0 atom stereocenters. The van der Waals surface area contributed by atoms with Gasteiger partial charge in [-0.05, 0) is 0 Å². The Bertz CT molecular complexity index is 69.1. The first-order valence-electron chi connectivity index (χ1n) is 1.00. The van der Waals surface area contributed by atoms with Gasteiger partial charge in [0.05, 0.1) is 0 Å². The summed E-state index contributed by atoms with van der Waals surface area (Å²) in [7, 11) is 0. The third kappa shape index (κ3) is 365. The van der Waals surface area contributed by atoms with E-state index in [1.807, 2.05) is 0 Å². The Labute approximate surface area is 78.2 Å². The minimum atomic E-state index is -3.11. The molecule has 9 heavy (non-hydrogen) atoms. The van der Waals surface area contributed by atoms with Crippen molar-refractivity contribution in [3.63, 3.8) is 0 Å². The number of hydrogen-bond donors (Lipinski definition) is 0. The molecule has 0 amide bonds. The van der Waals surface area contributed by atoms with Gasteiger partial charge in [-0.2, -0.15) is 0 Å². The van der Waals surface area contributed by atoms with E-state index < -0.39 is 22.7 Å². The average Bonchev–Trinajstić information content (AvgIpc) is 1.25. The molecule has 0 aliphatic heterocycles. The van der Waals surface area contributed by atoms with E-state index in [1.165, 1.54) is 0 Å². The van der Waals surface area contributed by atoms with E-state index in [4.69, 9.17) is 26.6 Å². The van der Waals surface area contributed by atoms with Crippen LogP contribution in [0, 0.1) is 29.2 Å². The fraction of sp³-hybridized carbons (Fsp3) is 0. The van der Waals surface area contributed by atoms with E-state index in [2.05, 4.69) is 0 Å². The Morgan fingerprint density at radius 3 is 0.778 bits per heavy atom. The van der Waals surface area contributed by atoms with Gasteiger partial charge >= 0.3 is 29.2 Å². The van der Waals surface area contributed by atoms with Crippen molar-refractivity contribution in [2.45, 2.75) is 0 Å². The summed E-state index contributed by atoms with van der Waals surface area (Å²) in [6, 6.07) is 0. The number of rotatable bonds is 0. The molecule has 0 rings (SSSR count). The average molecular weight is 404 g/mol. The van der Waals surface area contributed by atoms with E-state index in [1.54, 1.807) is 0 Å². The van der Waals surface area contributed by atoms with Gasteiger partial charge in [0.2, 0.25) is 0 Å². The van der Waals surface area contributed by atoms with Crippen molar-refractivity contribution in [1.29, 1.82) is 0 Å². The van der Waals surface area contributed by atoms with Crippen molar-refractivity contribution >= 4 is 22.7 Å². The predicted molar refractivity (Wildman–Crippen MR) is 19.4 cm³/mol. The van der Waals surface area contributed by atoms with Crippen LogP contribution in [0.3, 0.4) is 0 Å². The predicted octanol–water partition coefficient (Wildman–Crippen LogP) is -2.01. The molecule has 0 aromatic rings. The van der Waals surface area contributed by atoms with Crippen LogP contribution in [0.5, 0.6) is 0 Å². The van der Waals surface area contributed by atoms with Gasteiger partial charge in [-0.3, -0.25) is 8.42 Å². The molecule has 0 N–H and O–H groups in total. The van der Waals surface area contributed by atoms with Gasteiger partial charge in [0.25, 0.3) is 0 Å². The summed E-state index contributed by atoms with van der Waals surface area (Å²) in [5.41, 5.74) is 0. The summed E-state index contributed by atoms with van der Waals surface area (Å²) in [4.78, 5) is 0. The maximum Gasteiger partial charge on any atom is 4.00 e. The first-order valence-corrected chi connectivity index (χ1v) is 3.00. The molecule has 0 aromatic heterocycles. The van der Waals surface area contributed by atoms with Crippen LogP contribution in [-0.2, 0) is 22.7 Å². The largest absolute Gasteiger partial charge is 4.00 e. The fourth-order valence-electron chi connectivity index (χ4n) is 0. The molecule has 0 aliphatic rings. The fourth-order valence-corrected chi connectivity index (χ4v) is 0. The monoisotopic (exact) mass is 398 g/mol. The maximum atomic E-state index is 8.44. The normalized spacial score (nSPS) is 7.78. The molecule has 0 unspecified atom stereocenters. The molecule has 9 heteroatoms. The molecule has 0 fully saturated rings. The van der Waals surface area contributed by atoms with Gasteiger partial charge in [0.15, 0.2) is 0 Å². The molecule has 0 saturated heterocycles. The molecule has 0 saturated carbocycles. The second-order valence-electron chi connectivity index (χ2n) is 0.408. The molecule has 0 heterocycles. The van der Waals surface area contributed by atoms with Gasteiger partial charge in [0.1, 0.15) is 0 Å². The van der Waals surface area contributed by atoms with Gasteiger partial charge in [-0.1, -0.05) is 0 Å². The van der Waals surface area contributed by atoms with E-state index in [9.17, 15) is 0 Å². The van der Waals surface area contributed by atoms with Crippen molar-refractivity contribution in [2.24, 2.45) is 0 Å². The Hall–Kier alpha value is 1.13. The Kier molecular flexibility index (Phi) is 21.9. The quantitative estimate of drug-likeness (QED) is 0.430. The van der Waals surface area contributed by atoms with Crippen LogP contribution in [0.2, 0.25) is 0 Å². The van der Waals surface area contributed by atoms with Crippen molar-refractivity contribution in [3.8, 4) is 0 Å². The van der Waals surface area contributed by atoms with Gasteiger partial charge in [0, 0.05) is 0 Å². The van der Waals surface area contributed by atoms with Crippen LogP contribution in [0.25, 0.3) is 0 Å². The zero-order valence-electron chi connectivity index (χ0n) is 3.67. The smallest absolute Gasteiger partial charge is 0.784 e. The van der Waals surface area contributed by atoms with E-state index in [0.717, 1.165) is 0 Å². The van der Waals surface area contributed by atoms with Crippen LogP contribution in [0.15, 0.2) is 0 Å².